The van der Waals surface area contributed by atoms with Gasteiger partial charge in [-0.25, -0.2) is 9.69 Å². The van der Waals surface area contributed by atoms with E-state index >= 15 is 0 Å². The molecule has 9 nitrogen and oxygen atoms in total. The van der Waals surface area contributed by atoms with E-state index < -0.39 is 47.2 Å². The zero-order chi connectivity index (χ0) is 28.6. The molecule has 2 aliphatic heterocycles. The van der Waals surface area contributed by atoms with E-state index in [2.05, 4.69) is 10.6 Å². The van der Waals surface area contributed by atoms with E-state index in [0.717, 1.165) is 27.5 Å². The summed E-state index contributed by atoms with van der Waals surface area (Å²) >= 11 is 0. The van der Waals surface area contributed by atoms with Gasteiger partial charge < -0.3 is 16.2 Å². The molecule has 5 N–H and O–H groups in total. The first-order chi connectivity index (χ1) is 19.2. The zero-order valence-electron chi connectivity index (χ0n) is 22.6. The van der Waals surface area contributed by atoms with E-state index in [4.69, 9.17) is 5.73 Å². The van der Waals surface area contributed by atoms with E-state index in [1.807, 2.05) is 74.5 Å². The van der Waals surface area contributed by atoms with Crippen molar-refractivity contribution in [2.45, 2.75) is 51.1 Å². The molecule has 208 valence electrons. The molecule has 0 radical (unpaired) electrons. The molecule has 0 saturated carbocycles. The Morgan fingerprint density at radius 3 is 2.27 bits per heavy atom. The predicted molar refractivity (Wildman–Crippen MR) is 152 cm³/mol. The number of para-hydroxylation sites is 1. The van der Waals surface area contributed by atoms with Crippen LogP contribution in [0.2, 0.25) is 0 Å². The number of nitrogens with zero attached hydrogens (tertiary/aromatic N) is 1. The number of hydrogen-bond donors (Lipinski definition) is 4. The number of fused-ring (bicyclic) bond motifs is 2. The van der Waals surface area contributed by atoms with E-state index in [9.17, 15) is 24.3 Å². The van der Waals surface area contributed by atoms with Crippen LogP contribution in [0.25, 0.3) is 10.8 Å². The average molecular weight is 543 g/mol. The lowest BCUT2D eigenvalue weighted by atomic mass is 9.76. The van der Waals surface area contributed by atoms with Crippen LogP contribution in [0.5, 0.6) is 0 Å². The summed E-state index contributed by atoms with van der Waals surface area (Å²) in [7, 11) is 0. The number of aryl methyl sites for hydroxylation is 2. The molecule has 4 unspecified atom stereocenters. The molecule has 0 aromatic heterocycles. The number of amides is 4. The van der Waals surface area contributed by atoms with Crippen molar-refractivity contribution in [3.63, 3.8) is 0 Å². The Morgan fingerprint density at radius 2 is 1.62 bits per heavy atom. The summed E-state index contributed by atoms with van der Waals surface area (Å²) in [4.78, 5) is 54.3. The van der Waals surface area contributed by atoms with Gasteiger partial charge in [-0.1, -0.05) is 74.5 Å². The van der Waals surface area contributed by atoms with E-state index in [0.29, 0.717) is 18.5 Å². The Hall–Kier alpha value is -4.24. The highest BCUT2D eigenvalue weighted by molar-refractivity contribution is 6.25. The topological polar surface area (TPSA) is 142 Å². The number of carbonyl (C=O) groups is 4. The normalized spacial score (nSPS) is 23.9. The third kappa shape index (κ3) is 4.30. The number of primary amides is 1. The minimum absolute atomic E-state index is 0.0218. The van der Waals surface area contributed by atoms with Gasteiger partial charge in [0.1, 0.15) is 5.54 Å². The van der Waals surface area contributed by atoms with E-state index in [1.54, 1.807) is 0 Å². The zero-order valence-corrected chi connectivity index (χ0v) is 22.6. The smallest absolute Gasteiger partial charge is 0.324 e. The lowest BCUT2D eigenvalue weighted by molar-refractivity contribution is -0.149. The van der Waals surface area contributed by atoms with Gasteiger partial charge in [0.25, 0.3) is 0 Å². The number of carboxylic acid groups (broad SMARTS) is 1. The highest BCUT2D eigenvalue weighted by atomic mass is 16.4. The SMILES string of the molecule is CCc1cccc(CC)c1N1C(=O)C2C(c3cccc4ccccc34)NC(CCCNC(N)=O)(C(=O)O)C2C1=O. The van der Waals surface area contributed by atoms with Crippen molar-refractivity contribution < 1.29 is 24.3 Å². The summed E-state index contributed by atoms with van der Waals surface area (Å²) in [6, 6.07) is 17.8. The fourth-order valence-corrected chi connectivity index (χ4v) is 6.63. The Labute approximate surface area is 232 Å². The third-order valence-corrected chi connectivity index (χ3v) is 8.43. The van der Waals surface area contributed by atoms with Crippen molar-refractivity contribution in [3.8, 4) is 0 Å². The minimum Gasteiger partial charge on any atom is -0.480 e. The number of nitrogens with one attached hydrogen (secondary N) is 2. The number of carbonyl (C=O) groups excluding carboxylic acids is 3. The Morgan fingerprint density at radius 1 is 0.975 bits per heavy atom. The van der Waals surface area contributed by atoms with Gasteiger partial charge in [-0.3, -0.25) is 19.7 Å². The molecule has 9 heteroatoms. The second-order valence-electron chi connectivity index (χ2n) is 10.5. The Kier molecular flexibility index (Phi) is 7.33. The molecule has 2 heterocycles. The van der Waals surface area contributed by atoms with Gasteiger partial charge in [-0.2, -0.15) is 0 Å². The number of hydrogen-bond acceptors (Lipinski definition) is 5. The molecule has 0 spiro atoms. The van der Waals surface area contributed by atoms with Crippen molar-refractivity contribution in [1.82, 2.24) is 10.6 Å². The molecular formula is C31H34N4O5. The lowest BCUT2D eigenvalue weighted by Gasteiger charge is -2.32. The standard InChI is InChI=1S/C31H34N4O5/c1-3-18-11-7-12-19(4-2)26(18)35-27(36)23-24(28(35)37)31(29(38)39,16-9-17-33-30(32)40)34-25(23)22-15-8-13-20-10-5-6-14-21(20)22/h5-8,10-15,23-25,34H,3-4,9,16-17H2,1-2H3,(H,38,39)(H3,32,33,40). The molecule has 4 amide bonds. The molecule has 5 rings (SSSR count). The van der Waals surface area contributed by atoms with Crippen LogP contribution in [0.1, 0.15) is 49.4 Å². The van der Waals surface area contributed by atoms with Gasteiger partial charge in [0.05, 0.1) is 17.5 Å². The first kappa shape index (κ1) is 27.3. The maximum atomic E-state index is 14.4. The molecule has 3 aromatic carbocycles. The number of urea groups is 1. The molecular weight excluding hydrogens is 508 g/mol. The number of rotatable bonds is 9. The number of anilines is 1. The lowest BCUT2D eigenvalue weighted by Crippen LogP contribution is -2.56. The van der Waals surface area contributed by atoms with Crippen molar-refractivity contribution in [2.24, 2.45) is 17.6 Å². The van der Waals surface area contributed by atoms with Gasteiger partial charge in [0, 0.05) is 12.6 Å². The number of imide groups is 1. The summed E-state index contributed by atoms with van der Waals surface area (Å²) < 4.78 is 0. The van der Waals surface area contributed by atoms with Crippen LogP contribution in [0.3, 0.4) is 0 Å². The molecule has 3 aromatic rings. The van der Waals surface area contributed by atoms with Crippen LogP contribution < -0.4 is 21.3 Å². The molecule has 4 atom stereocenters. The molecule has 2 fully saturated rings. The monoisotopic (exact) mass is 542 g/mol. The molecule has 40 heavy (non-hydrogen) atoms. The largest absolute Gasteiger partial charge is 0.480 e. The van der Waals surface area contributed by atoms with Crippen LogP contribution in [0.15, 0.2) is 60.7 Å². The summed E-state index contributed by atoms with van der Waals surface area (Å²) in [5.74, 6) is -4.16. The molecule has 0 bridgehead atoms. The molecule has 2 saturated heterocycles. The first-order valence-corrected chi connectivity index (χ1v) is 13.8. The number of nitrogens with two attached hydrogens (primary N) is 1. The van der Waals surface area contributed by atoms with Crippen molar-refractivity contribution in [2.75, 3.05) is 11.4 Å². The highest BCUT2D eigenvalue weighted by Gasteiger charge is 2.68. The fraction of sp³-hybridized carbons (Fsp3) is 0.355. The van der Waals surface area contributed by atoms with Crippen LogP contribution in [-0.4, -0.2) is 41.0 Å². The third-order valence-electron chi connectivity index (χ3n) is 8.43. The quantitative estimate of drug-likeness (QED) is 0.240. The first-order valence-electron chi connectivity index (χ1n) is 13.8. The summed E-state index contributed by atoms with van der Waals surface area (Å²) in [6.45, 7) is 4.09. The second kappa shape index (κ2) is 10.7. The van der Waals surface area contributed by atoms with E-state index in [1.165, 1.54) is 4.90 Å². The summed E-state index contributed by atoms with van der Waals surface area (Å²) in [5.41, 5.74) is 6.56. The number of benzene rings is 3. The van der Waals surface area contributed by atoms with Crippen LogP contribution in [-0.2, 0) is 27.2 Å². The van der Waals surface area contributed by atoms with E-state index in [-0.39, 0.29) is 19.4 Å². The number of aliphatic carboxylic acids is 1. The molecule has 2 aliphatic rings. The van der Waals surface area contributed by atoms with Crippen molar-refractivity contribution in [1.29, 1.82) is 0 Å². The summed E-state index contributed by atoms with van der Waals surface area (Å²) in [6.07, 6.45) is 1.50. The Balaban J connectivity index is 1.68. The van der Waals surface area contributed by atoms with Gasteiger partial charge >= 0.3 is 12.0 Å². The number of carboxylic acids is 1. The van der Waals surface area contributed by atoms with Gasteiger partial charge in [0.2, 0.25) is 11.8 Å². The Bertz CT molecular complexity index is 1480. The average Bonchev–Trinajstić information content (AvgIpc) is 3.43. The van der Waals surface area contributed by atoms with Crippen LogP contribution >= 0.6 is 0 Å². The van der Waals surface area contributed by atoms with Gasteiger partial charge in [0.15, 0.2) is 0 Å². The van der Waals surface area contributed by atoms with Crippen molar-refractivity contribution >= 4 is 40.3 Å². The molecule has 0 aliphatic carbocycles. The predicted octanol–water partition coefficient (Wildman–Crippen LogP) is 3.69. The maximum absolute atomic E-state index is 14.4. The summed E-state index contributed by atoms with van der Waals surface area (Å²) in [5, 5.41) is 18.3. The van der Waals surface area contributed by atoms with Crippen LogP contribution in [0.4, 0.5) is 10.5 Å². The van der Waals surface area contributed by atoms with Gasteiger partial charge in [-0.05, 0) is 53.1 Å². The van der Waals surface area contributed by atoms with Crippen LogP contribution in [0, 0.1) is 11.8 Å². The fourth-order valence-electron chi connectivity index (χ4n) is 6.63. The minimum atomic E-state index is -1.72. The second-order valence-corrected chi connectivity index (χ2v) is 10.5. The maximum Gasteiger partial charge on any atom is 0.324 e. The van der Waals surface area contributed by atoms with Gasteiger partial charge in [-0.15, -0.1) is 0 Å². The van der Waals surface area contributed by atoms with Crippen molar-refractivity contribution in [3.05, 3.63) is 77.4 Å². The highest BCUT2D eigenvalue weighted by Crippen LogP contribution is 2.52.